The van der Waals surface area contributed by atoms with Gasteiger partial charge in [-0.2, -0.15) is 0 Å². The van der Waals surface area contributed by atoms with Crippen LogP contribution in [0.3, 0.4) is 0 Å². The molecule has 4 aromatic rings. The van der Waals surface area contributed by atoms with E-state index in [0.29, 0.717) is 73.0 Å². The number of benzene rings is 4. The summed E-state index contributed by atoms with van der Waals surface area (Å²) in [5, 5.41) is 0. The molecule has 0 radical (unpaired) electrons. The average Bonchev–Trinajstić information content (AvgIpc) is 0.856. The zero-order valence-corrected chi connectivity index (χ0v) is 55.7. The number of unbranched alkanes of at least 4 members (excludes halogenated alkanes) is 12. The highest BCUT2D eigenvalue weighted by molar-refractivity contribution is 5.87. The highest BCUT2D eigenvalue weighted by atomic mass is 16.6. The van der Waals surface area contributed by atoms with E-state index < -0.39 is 72.4 Å². The molecule has 498 valence electrons. The molecule has 0 aliphatic carbocycles. The quantitative estimate of drug-likeness (QED) is 0.0229. The van der Waals surface area contributed by atoms with E-state index in [1.54, 1.807) is 77.9 Å². The van der Waals surface area contributed by atoms with Crippen molar-refractivity contribution in [3.05, 3.63) is 72.8 Å². The third kappa shape index (κ3) is 26.7. The molecule has 6 atom stereocenters. The van der Waals surface area contributed by atoms with E-state index in [4.69, 9.17) is 56.8 Å². The summed E-state index contributed by atoms with van der Waals surface area (Å²) in [7, 11) is 0. The van der Waals surface area contributed by atoms with Gasteiger partial charge >= 0.3 is 35.8 Å². The zero-order chi connectivity index (χ0) is 65.8. The van der Waals surface area contributed by atoms with Crippen LogP contribution in [0.2, 0.25) is 0 Å². The Bertz CT molecular complexity index is 2520. The van der Waals surface area contributed by atoms with Crippen LogP contribution in [0.4, 0.5) is 0 Å². The fourth-order valence-corrected chi connectivity index (χ4v) is 8.91. The van der Waals surface area contributed by atoms with Crippen molar-refractivity contribution >= 4 is 35.8 Å². The van der Waals surface area contributed by atoms with Crippen LogP contribution in [0.25, 0.3) is 33.4 Å². The number of carbonyl (C=O) groups excluding carboxylic acids is 6. The smallest absolute Gasteiger partial charge is 0.340 e. The highest BCUT2D eigenvalue weighted by Gasteiger charge is 2.27. The maximum atomic E-state index is 13.9. The highest BCUT2D eigenvalue weighted by Crippen LogP contribution is 2.42. The number of hydrogen-bond acceptors (Lipinski definition) is 18. The van der Waals surface area contributed by atoms with Gasteiger partial charge in [0.25, 0.3) is 0 Å². The van der Waals surface area contributed by atoms with Crippen LogP contribution < -0.4 is 28.4 Å². The predicted molar refractivity (Wildman–Crippen MR) is 346 cm³/mol. The van der Waals surface area contributed by atoms with Gasteiger partial charge in [0.2, 0.25) is 0 Å². The van der Waals surface area contributed by atoms with Crippen molar-refractivity contribution < 1.29 is 85.6 Å². The monoisotopic (exact) mass is 1250 g/mol. The van der Waals surface area contributed by atoms with E-state index in [9.17, 15) is 28.8 Å². The fraction of sp³-hybridized carbons (Fsp3) is 0.583. The maximum Gasteiger partial charge on any atom is 0.340 e. The van der Waals surface area contributed by atoms with Gasteiger partial charge in [-0.05, 0) is 168 Å². The molecule has 0 aromatic heterocycles. The molecule has 0 aliphatic heterocycles. The van der Waals surface area contributed by atoms with Crippen molar-refractivity contribution in [3.63, 3.8) is 0 Å². The molecule has 18 heteroatoms. The van der Waals surface area contributed by atoms with Gasteiger partial charge in [-0.1, -0.05) is 137 Å². The summed E-state index contributed by atoms with van der Waals surface area (Å²) in [6, 6.07) is 19.9. The van der Waals surface area contributed by atoms with Crippen molar-refractivity contribution in [2.45, 2.75) is 235 Å². The van der Waals surface area contributed by atoms with Gasteiger partial charge in [-0.25, -0.2) is 28.8 Å². The number of ether oxygens (including phenoxy) is 12. The van der Waals surface area contributed by atoms with E-state index in [-0.39, 0.29) is 34.5 Å². The molecule has 0 heterocycles. The first kappa shape index (κ1) is 75.9. The van der Waals surface area contributed by atoms with Crippen LogP contribution in [0, 0.1) is 0 Å². The Morgan fingerprint density at radius 1 is 0.244 bits per heavy atom. The second-order valence-corrected chi connectivity index (χ2v) is 22.6. The molecular formula is C72H102O18. The van der Waals surface area contributed by atoms with Crippen molar-refractivity contribution in [1.82, 2.24) is 0 Å². The molecular weight excluding hydrogens is 1150 g/mol. The van der Waals surface area contributed by atoms with Crippen LogP contribution in [0.5, 0.6) is 34.5 Å². The topological polar surface area (TPSA) is 213 Å². The maximum absolute atomic E-state index is 13.9. The van der Waals surface area contributed by atoms with Crippen molar-refractivity contribution in [1.29, 1.82) is 0 Å². The Balaban J connectivity index is 2.01. The fourth-order valence-electron chi connectivity index (χ4n) is 8.91. The van der Waals surface area contributed by atoms with E-state index in [0.717, 1.165) is 116 Å². The lowest BCUT2D eigenvalue weighted by atomic mass is 9.93. The molecule has 0 amide bonds. The summed E-state index contributed by atoms with van der Waals surface area (Å²) >= 11 is 0. The van der Waals surface area contributed by atoms with Crippen LogP contribution in [-0.2, 0) is 57.2 Å². The summed E-state index contributed by atoms with van der Waals surface area (Å²) in [6.07, 6.45) is 10.1. The summed E-state index contributed by atoms with van der Waals surface area (Å²) in [4.78, 5) is 82.4. The molecule has 0 saturated heterocycles. The Hall–Kier alpha value is -6.54. The first-order chi connectivity index (χ1) is 43.4. The summed E-state index contributed by atoms with van der Waals surface area (Å²) in [6.45, 7) is 24.1. The van der Waals surface area contributed by atoms with Gasteiger partial charge < -0.3 is 56.8 Å². The third-order valence-electron chi connectivity index (χ3n) is 14.7. The summed E-state index contributed by atoms with van der Waals surface area (Å²) < 4.78 is 71.0. The van der Waals surface area contributed by atoms with E-state index in [1.165, 1.54) is 18.2 Å². The molecule has 0 saturated carbocycles. The molecule has 0 unspecified atom stereocenters. The number of carbonyl (C=O) groups is 6. The van der Waals surface area contributed by atoms with E-state index in [2.05, 4.69) is 41.5 Å². The molecule has 0 spiro atoms. The second kappa shape index (κ2) is 42.5. The molecule has 0 fully saturated rings. The molecule has 0 N–H and O–H groups in total. The van der Waals surface area contributed by atoms with Gasteiger partial charge in [0, 0.05) is 39.6 Å². The number of rotatable bonds is 45. The molecule has 4 aromatic carbocycles. The van der Waals surface area contributed by atoms with Gasteiger partial charge in [0.1, 0.15) is 0 Å². The summed E-state index contributed by atoms with van der Waals surface area (Å²) in [5.74, 6) is -4.62. The van der Waals surface area contributed by atoms with Crippen molar-refractivity contribution in [2.24, 2.45) is 0 Å². The molecule has 0 aliphatic rings. The number of hydrogen-bond donors (Lipinski definition) is 0. The molecule has 18 nitrogen and oxygen atoms in total. The average molecular weight is 1260 g/mol. The third-order valence-corrected chi connectivity index (χ3v) is 14.7. The molecule has 4 rings (SSSR count). The van der Waals surface area contributed by atoms with Crippen LogP contribution >= 0.6 is 0 Å². The first-order valence-corrected chi connectivity index (χ1v) is 33.0. The largest absolute Gasteiger partial charge is 0.421 e. The van der Waals surface area contributed by atoms with E-state index in [1.807, 2.05) is 18.2 Å². The minimum absolute atomic E-state index is 0.0441. The molecule has 0 bridgehead atoms. The Kier molecular flexibility index (Phi) is 35.9. The lowest BCUT2D eigenvalue weighted by molar-refractivity contribution is -0.149. The lowest BCUT2D eigenvalue weighted by Gasteiger charge is -2.19. The second-order valence-electron chi connectivity index (χ2n) is 22.6. The van der Waals surface area contributed by atoms with Gasteiger partial charge in [0.15, 0.2) is 71.1 Å². The van der Waals surface area contributed by atoms with Crippen LogP contribution in [-0.4, -0.2) is 112 Å². The molecule has 90 heavy (non-hydrogen) atoms. The van der Waals surface area contributed by atoms with E-state index >= 15 is 0 Å². The van der Waals surface area contributed by atoms with Crippen molar-refractivity contribution in [2.75, 3.05) is 39.6 Å². The van der Waals surface area contributed by atoms with Crippen LogP contribution in [0.1, 0.15) is 199 Å². The minimum Gasteiger partial charge on any atom is -0.421 e. The summed E-state index contributed by atoms with van der Waals surface area (Å²) in [5.41, 5.74) is 3.05. The predicted octanol–water partition coefficient (Wildman–Crippen LogP) is 15.7. The van der Waals surface area contributed by atoms with Gasteiger partial charge in [0.05, 0.1) is 0 Å². The SMILES string of the molecule is CCCCCO[C@@H](C)C(=O)Oc1ccc(-c2cc(-c3ccc(OC(=O)[C@H](C)OCCCCC)c(OC(=O)[C@H](C)OCCCCC)c3)cc(-c3ccc(OC(=O)[C@H](C)OCCCCC)c(OC(=O)[C@H](C)OCCCCC)c3)c2)cc1OC(=O)[C@H](C)OCCCCC. The van der Waals surface area contributed by atoms with Crippen LogP contribution in [0.15, 0.2) is 72.8 Å². The van der Waals surface area contributed by atoms with Gasteiger partial charge in [-0.15, -0.1) is 0 Å². The van der Waals surface area contributed by atoms with Gasteiger partial charge in [-0.3, -0.25) is 0 Å². The first-order valence-electron chi connectivity index (χ1n) is 33.0. The number of esters is 6. The Morgan fingerprint density at radius 3 is 0.600 bits per heavy atom. The normalized spacial score (nSPS) is 13.3. The Labute approximate surface area is 534 Å². The Morgan fingerprint density at radius 2 is 0.422 bits per heavy atom. The zero-order valence-electron chi connectivity index (χ0n) is 55.7. The lowest BCUT2D eigenvalue weighted by Crippen LogP contribution is -2.28. The standard InChI is InChI=1S/C72H102O18/c1-13-19-25-37-79-49(7)67(73)85-61-34-31-55(46-64(61)88-70(76)52(10)82-40-28-22-16-4)58-43-59(56-32-35-62(86-68(74)50(8)80-38-26-20-14-2)65(47-56)89-71(77)53(11)83-41-29-23-17-5)45-60(44-58)57-33-36-63(87-69(75)51(9)81-39-27-21-15-3)66(48-57)90-72(78)54(12)84-42-30-24-18-6/h31-36,43-54H,13-30,37-42H2,1-12H3/t49-,50-,51-,52-,53-,54-/m0/s1. The van der Waals surface area contributed by atoms with Crippen molar-refractivity contribution in [3.8, 4) is 67.9 Å². The minimum atomic E-state index is -0.977.